The summed E-state index contributed by atoms with van der Waals surface area (Å²) in [5.41, 5.74) is 0.509. The Morgan fingerprint density at radius 1 is 1.14 bits per heavy atom. The Bertz CT molecular complexity index is 920. The molecule has 8 heteroatoms. The summed E-state index contributed by atoms with van der Waals surface area (Å²) in [4.78, 5) is 16.5. The Morgan fingerprint density at radius 3 is 2.52 bits per heavy atom. The molecule has 3 aliphatic rings. The van der Waals surface area contributed by atoms with E-state index in [0.29, 0.717) is 28.1 Å². The second-order valence-electron chi connectivity index (χ2n) is 7.48. The average Bonchev–Trinajstić information content (AvgIpc) is 2.69. The lowest BCUT2D eigenvalue weighted by Crippen LogP contribution is -2.53. The van der Waals surface area contributed by atoms with Gasteiger partial charge in [0.2, 0.25) is 0 Å². The molecule has 1 atom stereocenters. The first kappa shape index (κ1) is 20.4. The lowest BCUT2D eigenvalue weighted by Gasteiger charge is -2.44. The number of ether oxygens (including phenoxy) is 1. The SMILES string of the molecule is O=C(OC1CN2CCC1CC2)N(Cc1ccc(Cl)cc1Cl)c1ccc(F)cc1F. The first-order valence-corrected chi connectivity index (χ1v) is 10.3. The normalized spacial score (nSPS) is 23.1. The van der Waals surface area contributed by atoms with Gasteiger partial charge < -0.3 is 4.74 Å². The van der Waals surface area contributed by atoms with E-state index >= 15 is 0 Å². The fourth-order valence-corrected chi connectivity index (χ4v) is 4.47. The number of amides is 1. The molecule has 1 amide bonds. The third-order valence-electron chi connectivity index (χ3n) is 5.61. The van der Waals surface area contributed by atoms with Crippen LogP contribution < -0.4 is 4.90 Å². The van der Waals surface area contributed by atoms with Crippen molar-refractivity contribution in [3.05, 3.63) is 63.6 Å². The van der Waals surface area contributed by atoms with Gasteiger partial charge in [0.15, 0.2) is 0 Å². The van der Waals surface area contributed by atoms with Crippen molar-refractivity contribution in [3.63, 3.8) is 0 Å². The number of rotatable bonds is 4. The smallest absolute Gasteiger partial charge is 0.415 e. The van der Waals surface area contributed by atoms with Crippen molar-refractivity contribution in [1.29, 1.82) is 0 Å². The van der Waals surface area contributed by atoms with Crippen LogP contribution in [-0.2, 0) is 11.3 Å². The van der Waals surface area contributed by atoms with Gasteiger partial charge in [0, 0.05) is 22.7 Å². The second kappa shape index (κ2) is 8.46. The van der Waals surface area contributed by atoms with Crippen molar-refractivity contribution in [2.75, 3.05) is 24.5 Å². The first-order valence-electron chi connectivity index (χ1n) is 9.50. The van der Waals surface area contributed by atoms with Gasteiger partial charge >= 0.3 is 6.09 Å². The van der Waals surface area contributed by atoms with Gasteiger partial charge in [0.05, 0.1) is 12.2 Å². The number of carbonyl (C=O) groups is 1. The Kier molecular flexibility index (Phi) is 5.95. The van der Waals surface area contributed by atoms with Crippen LogP contribution >= 0.6 is 23.2 Å². The van der Waals surface area contributed by atoms with Crippen molar-refractivity contribution in [3.8, 4) is 0 Å². The van der Waals surface area contributed by atoms with Crippen LogP contribution in [0, 0.1) is 17.6 Å². The van der Waals surface area contributed by atoms with E-state index in [1.165, 1.54) is 6.07 Å². The Morgan fingerprint density at radius 2 is 1.90 bits per heavy atom. The number of benzene rings is 2. The first-order chi connectivity index (χ1) is 13.9. The van der Waals surface area contributed by atoms with Crippen LogP contribution in [0.1, 0.15) is 18.4 Å². The maximum absolute atomic E-state index is 14.5. The molecule has 0 saturated carbocycles. The van der Waals surface area contributed by atoms with Crippen LogP contribution in [0.4, 0.5) is 19.3 Å². The molecule has 3 fully saturated rings. The summed E-state index contributed by atoms with van der Waals surface area (Å²) in [5.74, 6) is -1.26. The summed E-state index contributed by atoms with van der Waals surface area (Å²) < 4.78 is 33.7. The summed E-state index contributed by atoms with van der Waals surface area (Å²) in [6, 6.07) is 7.94. The minimum absolute atomic E-state index is 0.0293. The van der Waals surface area contributed by atoms with Crippen molar-refractivity contribution in [1.82, 2.24) is 4.90 Å². The predicted octanol–water partition coefficient (Wildman–Crippen LogP) is 5.51. The van der Waals surface area contributed by atoms with Gasteiger partial charge in [-0.2, -0.15) is 0 Å². The molecule has 0 spiro atoms. The number of hydrogen-bond acceptors (Lipinski definition) is 3. The highest BCUT2D eigenvalue weighted by atomic mass is 35.5. The molecule has 2 aromatic carbocycles. The van der Waals surface area contributed by atoms with Crippen LogP contribution in [0.5, 0.6) is 0 Å². The van der Waals surface area contributed by atoms with Gasteiger partial charge in [-0.15, -0.1) is 0 Å². The molecular formula is C21H20Cl2F2N2O2. The average molecular weight is 441 g/mol. The number of fused-ring (bicyclic) bond motifs is 3. The molecule has 3 saturated heterocycles. The summed E-state index contributed by atoms with van der Waals surface area (Å²) in [5, 5.41) is 0.800. The topological polar surface area (TPSA) is 32.8 Å². The second-order valence-corrected chi connectivity index (χ2v) is 8.32. The van der Waals surface area contributed by atoms with Gasteiger partial charge in [-0.05, 0) is 61.7 Å². The van der Waals surface area contributed by atoms with Gasteiger partial charge in [-0.3, -0.25) is 9.80 Å². The van der Waals surface area contributed by atoms with E-state index in [4.69, 9.17) is 27.9 Å². The lowest BCUT2D eigenvalue weighted by molar-refractivity contribution is -0.0311. The third-order valence-corrected chi connectivity index (χ3v) is 6.20. The number of nitrogens with zero attached hydrogens (tertiary/aromatic N) is 2. The Labute approximate surface area is 177 Å². The van der Waals surface area contributed by atoms with Crippen LogP contribution in [-0.4, -0.2) is 36.7 Å². The molecule has 29 heavy (non-hydrogen) atoms. The van der Waals surface area contributed by atoms with Crippen LogP contribution in [0.15, 0.2) is 36.4 Å². The van der Waals surface area contributed by atoms with Crippen LogP contribution in [0.25, 0.3) is 0 Å². The number of piperidine rings is 3. The molecule has 0 radical (unpaired) electrons. The summed E-state index contributed by atoms with van der Waals surface area (Å²) in [7, 11) is 0. The molecule has 4 nitrogen and oxygen atoms in total. The Hall–Kier alpha value is -1.89. The van der Waals surface area contributed by atoms with E-state index in [1.807, 2.05) is 0 Å². The zero-order valence-corrected chi connectivity index (χ0v) is 17.1. The highest BCUT2D eigenvalue weighted by molar-refractivity contribution is 6.35. The van der Waals surface area contributed by atoms with Gasteiger partial charge in [-0.1, -0.05) is 29.3 Å². The fraction of sp³-hybridized carbons (Fsp3) is 0.381. The minimum atomic E-state index is -0.846. The van der Waals surface area contributed by atoms with E-state index in [-0.39, 0.29) is 18.3 Å². The van der Waals surface area contributed by atoms with Crippen LogP contribution in [0.3, 0.4) is 0 Å². The third kappa shape index (κ3) is 4.49. The maximum atomic E-state index is 14.5. The van der Waals surface area contributed by atoms with Crippen molar-refractivity contribution < 1.29 is 18.3 Å². The highest BCUT2D eigenvalue weighted by Gasteiger charge is 2.37. The van der Waals surface area contributed by atoms with E-state index in [0.717, 1.165) is 43.0 Å². The van der Waals surface area contributed by atoms with Crippen molar-refractivity contribution in [2.24, 2.45) is 5.92 Å². The van der Waals surface area contributed by atoms with E-state index in [1.54, 1.807) is 18.2 Å². The molecule has 5 rings (SSSR count). The highest BCUT2D eigenvalue weighted by Crippen LogP contribution is 2.32. The van der Waals surface area contributed by atoms with E-state index in [9.17, 15) is 13.6 Å². The monoisotopic (exact) mass is 440 g/mol. The predicted molar refractivity (Wildman–Crippen MR) is 108 cm³/mol. The zero-order valence-electron chi connectivity index (χ0n) is 15.6. The molecule has 0 N–H and O–H groups in total. The molecule has 1 unspecified atom stereocenters. The molecule has 3 heterocycles. The largest absolute Gasteiger partial charge is 0.444 e. The number of carbonyl (C=O) groups excluding carboxylic acids is 1. The zero-order chi connectivity index (χ0) is 20.5. The fourth-order valence-electron chi connectivity index (χ4n) is 4.01. The number of hydrogen-bond donors (Lipinski definition) is 0. The lowest BCUT2D eigenvalue weighted by atomic mass is 9.86. The molecule has 3 aliphatic heterocycles. The molecule has 2 bridgehead atoms. The molecule has 154 valence electrons. The Balaban J connectivity index is 1.61. The van der Waals surface area contributed by atoms with Crippen LogP contribution in [0.2, 0.25) is 10.0 Å². The minimum Gasteiger partial charge on any atom is -0.444 e. The molecule has 2 aromatic rings. The molecule has 0 aliphatic carbocycles. The van der Waals surface area contributed by atoms with Crippen molar-refractivity contribution >= 4 is 35.0 Å². The molecular weight excluding hydrogens is 421 g/mol. The summed E-state index contributed by atoms with van der Waals surface area (Å²) in [6.45, 7) is 2.67. The summed E-state index contributed by atoms with van der Waals surface area (Å²) >= 11 is 12.2. The van der Waals surface area contributed by atoms with E-state index in [2.05, 4.69) is 4.90 Å². The quantitative estimate of drug-likeness (QED) is 0.628. The maximum Gasteiger partial charge on any atom is 0.415 e. The molecule has 0 aromatic heterocycles. The summed E-state index contributed by atoms with van der Waals surface area (Å²) in [6.07, 6.45) is 1.04. The van der Waals surface area contributed by atoms with Gasteiger partial charge in [-0.25, -0.2) is 13.6 Å². The van der Waals surface area contributed by atoms with Gasteiger partial charge in [0.1, 0.15) is 17.7 Å². The van der Waals surface area contributed by atoms with Crippen molar-refractivity contribution in [2.45, 2.75) is 25.5 Å². The number of halogens is 4. The number of anilines is 1. The standard InChI is InChI=1S/C21H20Cl2F2N2O2/c22-15-2-1-14(17(23)9-15)11-27(19-4-3-16(24)10-18(19)25)21(28)29-20-12-26-7-5-13(20)6-8-26/h1-4,9-10,13,20H,5-8,11-12H2. The van der Waals surface area contributed by atoms with Gasteiger partial charge in [0.25, 0.3) is 0 Å². The van der Waals surface area contributed by atoms with E-state index < -0.39 is 17.7 Å².